The Balaban J connectivity index is 2.11. The summed E-state index contributed by atoms with van der Waals surface area (Å²) in [6, 6.07) is 3.82. The summed E-state index contributed by atoms with van der Waals surface area (Å²) in [6.45, 7) is 7.27. The van der Waals surface area contributed by atoms with Gasteiger partial charge in [0.1, 0.15) is 5.60 Å². The molecule has 1 aliphatic carbocycles. The van der Waals surface area contributed by atoms with Crippen LogP contribution < -0.4 is 0 Å². The molecular formula is C16H22O3S. The van der Waals surface area contributed by atoms with E-state index in [0.29, 0.717) is 6.42 Å². The van der Waals surface area contributed by atoms with E-state index in [2.05, 4.69) is 0 Å². The highest BCUT2D eigenvalue weighted by atomic mass is 32.1. The molecule has 0 atom stereocenters. The van der Waals surface area contributed by atoms with Gasteiger partial charge in [-0.15, -0.1) is 11.3 Å². The number of carbonyl (C=O) groups excluding carboxylic acids is 2. The molecule has 0 aromatic carbocycles. The third-order valence-corrected chi connectivity index (χ3v) is 4.85. The van der Waals surface area contributed by atoms with E-state index in [9.17, 15) is 9.59 Å². The summed E-state index contributed by atoms with van der Waals surface area (Å²) < 4.78 is 5.57. The molecule has 20 heavy (non-hydrogen) atoms. The molecule has 0 amide bonds. The summed E-state index contributed by atoms with van der Waals surface area (Å²) in [6.07, 6.45) is 3.54. The van der Waals surface area contributed by atoms with Gasteiger partial charge in [-0.25, -0.2) is 0 Å². The molecule has 4 heteroatoms. The van der Waals surface area contributed by atoms with Gasteiger partial charge < -0.3 is 4.74 Å². The molecule has 0 unspecified atom stereocenters. The van der Waals surface area contributed by atoms with Crippen LogP contribution in [0, 0.1) is 5.41 Å². The van der Waals surface area contributed by atoms with E-state index in [1.165, 1.54) is 11.3 Å². The highest BCUT2D eigenvalue weighted by Gasteiger charge is 2.46. The molecule has 2 rings (SSSR count). The molecule has 0 radical (unpaired) electrons. The monoisotopic (exact) mass is 294 g/mol. The Kier molecular flexibility index (Phi) is 4.05. The molecule has 1 aromatic rings. The van der Waals surface area contributed by atoms with E-state index in [1.807, 2.05) is 32.9 Å². The fraction of sp³-hybridized carbons (Fsp3) is 0.625. The third kappa shape index (κ3) is 3.29. The number of esters is 1. The van der Waals surface area contributed by atoms with E-state index >= 15 is 0 Å². The van der Waals surface area contributed by atoms with Crippen LogP contribution in [0.3, 0.4) is 0 Å². The highest BCUT2D eigenvalue weighted by molar-refractivity contribution is 7.14. The van der Waals surface area contributed by atoms with E-state index in [-0.39, 0.29) is 17.2 Å². The number of Topliss-reactive ketones (excluding diaryl/α,β-unsaturated/α-hetero) is 1. The van der Waals surface area contributed by atoms with Gasteiger partial charge in [0, 0.05) is 4.88 Å². The first-order chi connectivity index (χ1) is 9.22. The van der Waals surface area contributed by atoms with Gasteiger partial charge in [-0.3, -0.25) is 9.59 Å². The van der Waals surface area contributed by atoms with E-state index < -0.39 is 5.60 Å². The van der Waals surface area contributed by atoms with Gasteiger partial charge in [0.2, 0.25) is 0 Å². The van der Waals surface area contributed by atoms with Gasteiger partial charge in [0.15, 0.2) is 5.78 Å². The average Bonchev–Trinajstić information content (AvgIpc) is 2.69. The Morgan fingerprint density at radius 2 is 1.95 bits per heavy atom. The minimum Gasteiger partial charge on any atom is -0.460 e. The molecular weight excluding hydrogens is 272 g/mol. The van der Waals surface area contributed by atoms with Crippen molar-refractivity contribution in [1.82, 2.24) is 0 Å². The van der Waals surface area contributed by atoms with Gasteiger partial charge in [-0.2, -0.15) is 0 Å². The van der Waals surface area contributed by atoms with Crippen molar-refractivity contribution < 1.29 is 14.3 Å². The second kappa shape index (κ2) is 5.32. The van der Waals surface area contributed by atoms with Crippen molar-refractivity contribution in [3.05, 3.63) is 21.9 Å². The second-order valence-electron chi connectivity index (χ2n) is 6.63. The Labute approximate surface area is 124 Å². The molecule has 0 spiro atoms. The van der Waals surface area contributed by atoms with Crippen molar-refractivity contribution in [3.8, 4) is 0 Å². The van der Waals surface area contributed by atoms with E-state index in [0.717, 1.165) is 29.0 Å². The van der Waals surface area contributed by atoms with Crippen molar-refractivity contribution in [2.75, 3.05) is 0 Å². The largest absolute Gasteiger partial charge is 0.460 e. The van der Waals surface area contributed by atoms with Gasteiger partial charge >= 0.3 is 5.97 Å². The number of hydrogen-bond donors (Lipinski definition) is 0. The fourth-order valence-electron chi connectivity index (χ4n) is 2.44. The third-order valence-electron chi connectivity index (χ3n) is 3.66. The van der Waals surface area contributed by atoms with E-state index in [4.69, 9.17) is 4.74 Å². The Morgan fingerprint density at radius 1 is 1.30 bits per heavy atom. The Bertz CT molecular complexity index is 518. The first-order valence-corrected chi connectivity index (χ1v) is 7.87. The zero-order chi connectivity index (χ0) is 15.0. The lowest BCUT2D eigenvalue weighted by molar-refractivity contribution is -0.173. The summed E-state index contributed by atoms with van der Waals surface area (Å²) >= 11 is 1.50. The lowest BCUT2D eigenvalue weighted by atomic mass is 9.66. The van der Waals surface area contributed by atoms with Crippen LogP contribution in [0.15, 0.2) is 12.1 Å². The standard InChI is InChI=1S/C16H22O3S/c1-11(17)13-7-6-12(20-13)10-16(8-5-9-16)14(18)19-15(2,3)4/h6-7H,5,8-10H2,1-4H3. The summed E-state index contributed by atoms with van der Waals surface area (Å²) in [4.78, 5) is 25.6. The molecule has 1 aliphatic rings. The van der Waals surface area contributed by atoms with Crippen molar-refractivity contribution in [2.45, 2.75) is 59.0 Å². The Morgan fingerprint density at radius 3 is 2.35 bits per heavy atom. The van der Waals surface area contributed by atoms with Crippen molar-refractivity contribution in [2.24, 2.45) is 5.41 Å². The number of ketones is 1. The zero-order valence-corrected chi connectivity index (χ0v) is 13.4. The quantitative estimate of drug-likeness (QED) is 0.622. The SMILES string of the molecule is CC(=O)c1ccc(CC2(C(=O)OC(C)(C)C)CCC2)s1. The topological polar surface area (TPSA) is 43.4 Å². The minimum absolute atomic E-state index is 0.0844. The first-order valence-electron chi connectivity index (χ1n) is 7.05. The molecule has 3 nitrogen and oxygen atoms in total. The molecule has 1 heterocycles. The van der Waals surface area contributed by atoms with Gasteiger partial charge in [0.05, 0.1) is 10.3 Å². The normalized spacial score (nSPS) is 17.4. The smallest absolute Gasteiger partial charge is 0.312 e. The van der Waals surface area contributed by atoms with Crippen LogP contribution in [-0.4, -0.2) is 17.4 Å². The van der Waals surface area contributed by atoms with Crippen LogP contribution in [0.5, 0.6) is 0 Å². The van der Waals surface area contributed by atoms with Crippen LogP contribution in [0.25, 0.3) is 0 Å². The van der Waals surface area contributed by atoms with Gasteiger partial charge in [-0.05, 0) is 59.1 Å². The second-order valence-corrected chi connectivity index (χ2v) is 7.80. The molecule has 0 saturated heterocycles. The molecule has 1 aromatic heterocycles. The van der Waals surface area contributed by atoms with Crippen LogP contribution >= 0.6 is 11.3 Å². The highest BCUT2D eigenvalue weighted by Crippen LogP contribution is 2.46. The first kappa shape index (κ1) is 15.2. The Hall–Kier alpha value is -1.16. The number of hydrogen-bond acceptors (Lipinski definition) is 4. The predicted octanol–water partition coefficient (Wildman–Crippen LogP) is 4.01. The van der Waals surface area contributed by atoms with Gasteiger partial charge in [-0.1, -0.05) is 6.42 Å². The van der Waals surface area contributed by atoms with E-state index in [1.54, 1.807) is 6.92 Å². The maximum atomic E-state index is 12.4. The number of ether oxygens (including phenoxy) is 1. The number of rotatable bonds is 4. The van der Waals surface area contributed by atoms with Crippen LogP contribution in [0.4, 0.5) is 0 Å². The fourth-order valence-corrected chi connectivity index (χ4v) is 3.49. The lowest BCUT2D eigenvalue weighted by Crippen LogP contribution is -2.44. The van der Waals surface area contributed by atoms with Crippen molar-refractivity contribution in [1.29, 1.82) is 0 Å². The molecule has 1 saturated carbocycles. The average molecular weight is 294 g/mol. The molecule has 110 valence electrons. The summed E-state index contributed by atoms with van der Waals surface area (Å²) in [5.74, 6) is -0.00444. The zero-order valence-electron chi connectivity index (χ0n) is 12.6. The number of carbonyl (C=O) groups is 2. The molecule has 0 aliphatic heterocycles. The molecule has 0 bridgehead atoms. The molecule has 0 N–H and O–H groups in total. The maximum Gasteiger partial charge on any atom is 0.312 e. The minimum atomic E-state index is -0.445. The summed E-state index contributed by atoms with van der Waals surface area (Å²) in [5.41, 5.74) is -0.814. The van der Waals surface area contributed by atoms with Crippen molar-refractivity contribution in [3.63, 3.8) is 0 Å². The number of thiophene rings is 1. The summed E-state index contributed by atoms with van der Waals surface area (Å²) in [7, 11) is 0. The van der Waals surface area contributed by atoms with Crippen LogP contribution in [0.2, 0.25) is 0 Å². The predicted molar refractivity (Wildman–Crippen MR) is 80.2 cm³/mol. The van der Waals surface area contributed by atoms with Crippen LogP contribution in [0.1, 0.15) is 61.5 Å². The van der Waals surface area contributed by atoms with Crippen molar-refractivity contribution >= 4 is 23.1 Å². The maximum absolute atomic E-state index is 12.4. The van der Waals surface area contributed by atoms with Crippen LogP contribution in [-0.2, 0) is 16.0 Å². The molecule has 1 fully saturated rings. The summed E-state index contributed by atoms with van der Waals surface area (Å²) in [5, 5.41) is 0. The lowest BCUT2D eigenvalue weighted by Gasteiger charge is -2.40. The van der Waals surface area contributed by atoms with Gasteiger partial charge in [0.25, 0.3) is 0 Å².